The van der Waals surface area contributed by atoms with Crippen molar-refractivity contribution in [2.45, 2.75) is 0 Å². The van der Waals surface area contributed by atoms with E-state index in [4.69, 9.17) is 4.52 Å². The van der Waals surface area contributed by atoms with Crippen molar-refractivity contribution in [1.29, 1.82) is 0 Å². The average Bonchev–Trinajstić information content (AvgIpc) is 2.84. The van der Waals surface area contributed by atoms with Gasteiger partial charge in [0.1, 0.15) is 17.0 Å². The van der Waals surface area contributed by atoms with E-state index in [-0.39, 0.29) is 22.4 Å². The van der Waals surface area contributed by atoms with Crippen LogP contribution in [0.2, 0.25) is 0 Å². The second kappa shape index (κ2) is 4.73. The van der Waals surface area contributed by atoms with E-state index in [1.54, 1.807) is 0 Å². The van der Waals surface area contributed by atoms with Gasteiger partial charge in [-0.2, -0.15) is 0 Å². The fraction of sp³-hybridized carbons (Fsp3) is 0. The van der Waals surface area contributed by atoms with Gasteiger partial charge in [0.25, 0.3) is 5.91 Å². The van der Waals surface area contributed by atoms with Gasteiger partial charge in [-0.05, 0) is 24.3 Å². The largest absolute Gasteiger partial charge is 0.354 e. The second-order valence-corrected chi connectivity index (χ2v) is 4.08. The molecule has 4 nitrogen and oxygen atoms in total. The molecule has 1 aromatic heterocycles. The van der Waals surface area contributed by atoms with Crippen LogP contribution < -0.4 is 5.32 Å². The summed E-state index contributed by atoms with van der Waals surface area (Å²) < 4.78 is 32.1. The minimum Gasteiger partial charge on any atom is -0.354 e. The molecule has 6 heteroatoms. The van der Waals surface area contributed by atoms with Crippen molar-refractivity contribution < 1.29 is 18.1 Å². The normalized spacial score (nSPS) is 10.7. The third-order valence-electron chi connectivity index (χ3n) is 2.80. The molecule has 0 atom stereocenters. The molecule has 0 aliphatic heterocycles. The van der Waals surface area contributed by atoms with E-state index in [0.29, 0.717) is 0 Å². The zero-order valence-corrected chi connectivity index (χ0v) is 10.1. The molecule has 0 aliphatic rings. The van der Waals surface area contributed by atoms with Gasteiger partial charge in [-0.1, -0.05) is 23.4 Å². The van der Waals surface area contributed by atoms with Gasteiger partial charge in [-0.3, -0.25) is 4.79 Å². The highest BCUT2D eigenvalue weighted by molar-refractivity contribution is 6.07. The number of fused-ring (bicyclic) bond motifs is 1. The Bertz CT molecular complexity index is 799. The Morgan fingerprint density at radius 2 is 1.80 bits per heavy atom. The maximum atomic E-state index is 13.7. The maximum absolute atomic E-state index is 13.7. The number of anilines is 1. The summed E-state index contributed by atoms with van der Waals surface area (Å²) in [6, 6.07) is 9.68. The fourth-order valence-corrected chi connectivity index (χ4v) is 1.86. The first-order valence-electron chi connectivity index (χ1n) is 5.76. The van der Waals surface area contributed by atoms with Crippen LogP contribution in [0.4, 0.5) is 14.6 Å². The molecule has 1 heterocycles. The van der Waals surface area contributed by atoms with Crippen LogP contribution in [0, 0.1) is 11.6 Å². The average molecular weight is 274 g/mol. The molecule has 1 N–H and O–H groups in total. The summed E-state index contributed by atoms with van der Waals surface area (Å²) in [7, 11) is 0. The Morgan fingerprint density at radius 3 is 2.60 bits per heavy atom. The Morgan fingerprint density at radius 1 is 1.05 bits per heavy atom. The number of hydrogen-bond donors (Lipinski definition) is 1. The first-order valence-corrected chi connectivity index (χ1v) is 5.76. The minimum absolute atomic E-state index is 0.0530. The van der Waals surface area contributed by atoms with Gasteiger partial charge in [-0.25, -0.2) is 8.78 Å². The summed E-state index contributed by atoms with van der Waals surface area (Å²) in [5, 5.41) is 5.97. The number of halogens is 2. The number of hydrogen-bond acceptors (Lipinski definition) is 3. The van der Waals surface area contributed by atoms with E-state index in [1.165, 1.54) is 36.4 Å². The van der Waals surface area contributed by atoms with Gasteiger partial charge in [0.05, 0.1) is 5.56 Å². The molecule has 0 radical (unpaired) electrons. The first kappa shape index (κ1) is 12.3. The molecule has 0 bridgehead atoms. The van der Waals surface area contributed by atoms with E-state index in [1.807, 2.05) is 0 Å². The van der Waals surface area contributed by atoms with Crippen LogP contribution in [-0.4, -0.2) is 11.1 Å². The van der Waals surface area contributed by atoms with Crippen molar-refractivity contribution in [2.75, 3.05) is 5.32 Å². The summed E-state index contributed by atoms with van der Waals surface area (Å²) >= 11 is 0. The van der Waals surface area contributed by atoms with Crippen LogP contribution in [0.25, 0.3) is 11.0 Å². The molecule has 0 spiro atoms. The van der Waals surface area contributed by atoms with Crippen LogP contribution in [0.3, 0.4) is 0 Å². The van der Waals surface area contributed by atoms with E-state index in [2.05, 4.69) is 10.5 Å². The van der Waals surface area contributed by atoms with Gasteiger partial charge in [-0.15, -0.1) is 0 Å². The Balaban J connectivity index is 1.98. The molecule has 2 aromatic carbocycles. The Kier molecular flexibility index (Phi) is 2.90. The molecule has 3 aromatic rings. The zero-order chi connectivity index (χ0) is 14.1. The Hall–Kier alpha value is -2.76. The molecular weight excluding hydrogens is 266 g/mol. The standard InChI is InChI=1S/C14H8F2N2O2/c15-9-5-2-1-4-8(9)14(19)17-13-12-10(16)6-3-7-11(12)20-18-13/h1-7H,(H,17,18,19). The van der Waals surface area contributed by atoms with E-state index in [0.717, 1.165) is 6.07 Å². The number of nitrogens with zero attached hydrogens (tertiary/aromatic N) is 1. The summed E-state index contributed by atoms with van der Waals surface area (Å²) in [4.78, 5) is 11.9. The molecular formula is C14H8F2N2O2. The van der Waals surface area contributed by atoms with Crippen molar-refractivity contribution in [3.05, 3.63) is 59.7 Å². The first-order chi connectivity index (χ1) is 9.66. The third kappa shape index (κ3) is 2.01. The number of carbonyl (C=O) groups is 1. The topological polar surface area (TPSA) is 55.1 Å². The van der Waals surface area contributed by atoms with Crippen molar-refractivity contribution in [1.82, 2.24) is 5.16 Å². The predicted molar refractivity (Wildman–Crippen MR) is 68.3 cm³/mol. The van der Waals surface area contributed by atoms with Crippen LogP contribution in [0.15, 0.2) is 47.0 Å². The lowest BCUT2D eigenvalue weighted by Gasteiger charge is -2.03. The predicted octanol–water partition coefficient (Wildman–Crippen LogP) is 3.36. The number of carbonyl (C=O) groups excluding carboxylic acids is 1. The van der Waals surface area contributed by atoms with Crippen molar-refractivity contribution in [3.8, 4) is 0 Å². The minimum atomic E-state index is -0.721. The fourth-order valence-electron chi connectivity index (χ4n) is 1.86. The van der Waals surface area contributed by atoms with Crippen LogP contribution in [0.1, 0.15) is 10.4 Å². The van der Waals surface area contributed by atoms with Crippen LogP contribution in [0.5, 0.6) is 0 Å². The molecule has 1 amide bonds. The number of rotatable bonds is 2. The summed E-state index contributed by atoms with van der Waals surface area (Å²) in [6.07, 6.45) is 0. The number of amides is 1. The van der Waals surface area contributed by atoms with E-state index in [9.17, 15) is 13.6 Å². The van der Waals surface area contributed by atoms with Gasteiger partial charge >= 0.3 is 0 Å². The lowest BCUT2D eigenvalue weighted by molar-refractivity contribution is 0.102. The Labute approximate surface area is 112 Å². The monoisotopic (exact) mass is 274 g/mol. The quantitative estimate of drug-likeness (QED) is 0.779. The molecule has 100 valence electrons. The van der Waals surface area contributed by atoms with Gasteiger partial charge < -0.3 is 9.84 Å². The third-order valence-corrected chi connectivity index (χ3v) is 2.80. The molecule has 0 saturated heterocycles. The number of aromatic nitrogens is 1. The molecule has 0 unspecified atom stereocenters. The number of nitrogens with one attached hydrogen (secondary N) is 1. The highest BCUT2D eigenvalue weighted by atomic mass is 19.1. The molecule has 0 fully saturated rings. The molecule has 0 aliphatic carbocycles. The zero-order valence-electron chi connectivity index (χ0n) is 10.1. The lowest BCUT2D eigenvalue weighted by atomic mass is 10.2. The SMILES string of the molecule is O=C(Nc1noc2cccc(F)c12)c1ccccc1F. The van der Waals surface area contributed by atoms with Gasteiger partial charge in [0.15, 0.2) is 11.4 Å². The lowest BCUT2D eigenvalue weighted by Crippen LogP contribution is -2.14. The van der Waals surface area contributed by atoms with Crippen molar-refractivity contribution in [3.63, 3.8) is 0 Å². The molecule has 3 rings (SSSR count). The highest BCUT2D eigenvalue weighted by Gasteiger charge is 2.17. The van der Waals surface area contributed by atoms with Crippen LogP contribution >= 0.6 is 0 Å². The summed E-state index contributed by atoms with van der Waals surface area (Å²) in [5.74, 6) is -2.04. The molecule has 20 heavy (non-hydrogen) atoms. The summed E-state index contributed by atoms with van der Waals surface area (Å²) in [6.45, 7) is 0. The van der Waals surface area contributed by atoms with Gasteiger partial charge in [0, 0.05) is 0 Å². The number of benzene rings is 2. The van der Waals surface area contributed by atoms with E-state index < -0.39 is 17.5 Å². The molecule has 0 saturated carbocycles. The van der Waals surface area contributed by atoms with Gasteiger partial charge in [0.2, 0.25) is 0 Å². The van der Waals surface area contributed by atoms with Crippen LogP contribution in [-0.2, 0) is 0 Å². The maximum Gasteiger partial charge on any atom is 0.259 e. The van der Waals surface area contributed by atoms with E-state index >= 15 is 0 Å². The van der Waals surface area contributed by atoms with Crippen molar-refractivity contribution in [2.24, 2.45) is 0 Å². The smallest absolute Gasteiger partial charge is 0.259 e. The summed E-state index contributed by atoms with van der Waals surface area (Å²) in [5.41, 5.74) is 0.0498. The second-order valence-electron chi connectivity index (χ2n) is 4.08. The highest BCUT2D eigenvalue weighted by Crippen LogP contribution is 2.25. The van der Waals surface area contributed by atoms with Crippen molar-refractivity contribution >= 4 is 22.7 Å².